The van der Waals surface area contributed by atoms with Gasteiger partial charge in [0.25, 0.3) is 0 Å². The van der Waals surface area contributed by atoms with Crippen molar-refractivity contribution in [3.8, 4) is 0 Å². The molecule has 9 heteroatoms. The molecule has 3 aromatic rings. The number of pyridine rings is 1. The molecule has 0 spiro atoms. The van der Waals surface area contributed by atoms with Crippen LogP contribution in [0, 0.1) is 5.82 Å². The second-order valence-electron chi connectivity index (χ2n) is 6.67. The summed E-state index contributed by atoms with van der Waals surface area (Å²) in [6, 6.07) is 9.35. The predicted octanol–water partition coefficient (Wildman–Crippen LogP) is 2.25. The van der Waals surface area contributed by atoms with E-state index >= 15 is 0 Å². The summed E-state index contributed by atoms with van der Waals surface area (Å²) in [5.41, 5.74) is 1.11. The van der Waals surface area contributed by atoms with Crippen molar-refractivity contribution in [1.82, 2.24) is 19.2 Å². The Morgan fingerprint density at radius 3 is 2.69 bits per heavy atom. The van der Waals surface area contributed by atoms with E-state index in [0.717, 1.165) is 0 Å². The minimum Gasteiger partial charge on any atom is -0.345 e. The van der Waals surface area contributed by atoms with Crippen LogP contribution in [-0.2, 0) is 14.8 Å². The van der Waals surface area contributed by atoms with Crippen LogP contribution in [-0.4, -0.2) is 59.7 Å². The predicted molar refractivity (Wildman–Crippen MR) is 107 cm³/mol. The summed E-state index contributed by atoms with van der Waals surface area (Å²) in [5, 5.41) is 0.545. The van der Waals surface area contributed by atoms with Crippen molar-refractivity contribution >= 4 is 33.0 Å². The van der Waals surface area contributed by atoms with Crippen molar-refractivity contribution in [2.45, 2.75) is 4.90 Å². The number of aromatic amines is 1. The fraction of sp³-hybridized carbons (Fsp3) is 0.200. The van der Waals surface area contributed by atoms with Gasteiger partial charge in [-0.25, -0.2) is 17.8 Å². The number of amides is 1. The first-order valence-electron chi connectivity index (χ1n) is 9.10. The van der Waals surface area contributed by atoms with Gasteiger partial charge < -0.3 is 9.88 Å². The quantitative estimate of drug-likeness (QED) is 0.664. The molecule has 0 radical (unpaired) electrons. The highest BCUT2D eigenvalue weighted by atomic mass is 32.2. The van der Waals surface area contributed by atoms with E-state index in [2.05, 4.69) is 9.97 Å². The molecule has 1 fully saturated rings. The zero-order chi connectivity index (χ0) is 20.4. The number of hydrogen-bond acceptors (Lipinski definition) is 4. The van der Waals surface area contributed by atoms with Crippen LogP contribution >= 0.6 is 0 Å². The monoisotopic (exact) mass is 414 g/mol. The van der Waals surface area contributed by atoms with Gasteiger partial charge >= 0.3 is 0 Å². The van der Waals surface area contributed by atoms with Crippen LogP contribution in [0.15, 0.2) is 59.8 Å². The number of carbonyl (C=O) groups is 1. The third-order valence-electron chi connectivity index (χ3n) is 4.85. The Balaban J connectivity index is 1.43. The van der Waals surface area contributed by atoms with Crippen LogP contribution in [0.25, 0.3) is 17.1 Å². The van der Waals surface area contributed by atoms with Crippen molar-refractivity contribution in [2.24, 2.45) is 0 Å². The van der Waals surface area contributed by atoms with Crippen LogP contribution in [0.1, 0.15) is 5.56 Å². The number of carbonyl (C=O) groups excluding carboxylic acids is 1. The molecule has 2 aromatic heterocycles. The fourth-order valence-corrected chi connectivity index (χ4v) is 4.89. The van der Waals surface area contributed by atoms with Crippen molar-refractivity contribution in [2.75, 3.05) is 26.2 Å². The zero-order valence-electron chi connectivity index (χ0n) is 15.5. The normalized spacial score (nSPS) is 16.0. The Labute approximate surface area is 167 Å². The van der Waals surface area contributed by atoms with E-state index in [0.29, 0.717) is 16.6 Å². The second-order valence-corrected chi connectivity index (χ2v) is 8.58. The van der Waals surface area contributed by atoms with E-state index in [1.54, 1.807) is 41.4 Å². The third kappa shape index (κ3) is 3.92. The number of aromatic nitrogens is 2. The first-order chi connectivity index (χ1) is 13.9. The molecule has 4 rings (SSSR count). The lowest BCUT2D eigenvalue weighted by molar-refractivity contribution is -0.127. The molecule has 0 unspecified atom stereocenters. The highest BCUT2D eigenvalue weighted by molar-refractivity contribution is 7.89. The number of rotatable bonds is 4. The maximum atomic E-state index is 13.2. The van der Waals surface area contributed by atoms with Gasteiger partial charge in [0, 0.05) is 50.0 Å². The van der Waals surface area contributed by atoms with Gasteiger partial charge in [0.1, 0.15) is 16.4 Å². The molecular weight excluding hydrogens is 395 g/mol. The molecule has 0 bridgehead atoms. The molecule has 1 aliphatic heterocycles. The molecule has 7 nitrogen and oxygen atoms in total. The topological polar surface area (TPSA) is 86.4 Å². The van der Waals surface area contributed by atoms with Gasteiger partial charge in [0.2, 0.25) is 15.9 Å². The molecule has 0 atom stereocenters. The zero-order valence-corrected chi connectivity index (χ0v) is 16.3. The summed E-state index contributed by atoms with van der Waals surface area (Å²) < 4.78 is 40.6. The number of halogens is 1. The van der Waals surface area contributed by atoms with Gasteiger partial charge in [0.05, 0.1) is 0 Å². The van der Waals surface area contributed by atoms with E-state index < -0.39 is 10.0 Å². The van der Waals surface area contributed by atoms with E-state index in [1.165, 1.54) is 28.7 Å². The number of nitrogens with one attached hydrogen (secondary N) is 1. The maximum absolute atomic E-state index is 13.2. The summed E-state index contributed by atoms with van der Waals surface area (Å²) in [5.74, 6) is -0.603. The Hall–Kier alpha value is -3.04. The largest absolute Gasteiger partial charge is 0.345 e. The molecule has 1 N–H and O–H groups in total. The summed E-state index contributed by atoms with van der Waals surface area (Å²) in [6.07, 6.45) is 5.97. The van der Waals surface area contributed by atoms with Gasteiger partial charge in [-0.1, -0.05) is 12.1 Å². The Morgan fingerprint density at radius 2 is 1.93 bits per heavy atom. The number of fused-ring (bicyclic) bond motifs is 1. The van der Waals surface area contributed by atoms with E-state index in [-0.39, 0.29) is 42.8 Å². The van der Waals surface area contributed by atoms with E-state index in [1.807, 2.05) is 0 Å². The first-order valence-corrected chi connectivity index (χ1v) is 10.5. The molecule has 0 saturated carbocycles. The van der Waals surface area contributed by atoms with Gasteiger partial charge in [-0.15, -0.1) is 0 Å². The summed E-state index contributed by atoms with van der Waals surface area (Å²) >= 11 is 0. The summed E-state index contributed by atoms with van der Waals surface area (Å²) in [6.45, 7) is 0.974. The molecule has 0 aliphatic carbocycles. The summed E-state index contributed by atoms with van der Waals surface area (Å²) in [7, 11) is -3.69. The highest BCUT2D eigenvalue weighted by Gasteiger charge is 2.31. The van der Waals surface area contributed by atoms with Gasteiger partial charge in [-0.05, 0) is 35.9 Å². The smallest absolute Gasteiger partial charge is 0.246 e. The van der Waals surface area contributed by atoms with Crippen LogP contribution in [0.5, 0.6) is 0 Å². The lowest BCUT2D eigenvalue weighted by atomic mass is 10.2. The number of benzene rings is 1. The SMILES string of the molecule is O=C(/C=C/c1cccc(F)c1)N1CCN(S(=O)(=O)c2c[nH]c3ncccc23)CC1. The van der Waals surface area contributed by atoms with Gasteiger partial charge in [0.15, 0.2) is 0 Å². The first kappa shape index (κ1) is 19.3. The fourth-order valence-electron chi connectivity index (χ4n) is 3.32. The average Bonchev–Trinajstić information content (AvgIpc) is 3.17. The third-order valence-corrected chi connectivity index (χ3v) is 6.79. The molecule has 1 aromatic carbocycles. The lowest BCUT2D eigenvalue weighted by Gasteiger charge is -2.33. The van der Waals surface area contributed by atoms with Crippen LogP contribution in [0.2, 0.25) is 0 Å². The number of hydrogen-bond donors (Lipinski definition) is 1. The number of piperazine rings is 1. The molecule has 150 valence electrons. The molecule has 1 saturated heterocycles. The Morgan fingerprint density at radius 1 is 1.14 bits per heavy atom. The lowest BCUT2D eigenvalue weighted by Crippen LogP contribution is -2.50. The van der Waals surface area contributed by atoms with Gasteiger partial charge in [-0.2, -0.15) is 4.31 Å². The Bertz CT molecular complexity index is 1180. The van der Waals surface area contributed by atoms with Crippen molar-refractivity contribution in [3.63, 3.8) is 0 Å². The Kier molecular flexibility index (Phi) is 5.16. The van der Waals surface area contributed by atoms with Crippen molar-refractivity contribution in [1.29, 1.82) is 0 Å². The highest BCUT2D eigenvalue weighted by Crippen LogP contribution is 2.25. The summed E-state index contributed by atoms with van der Waals surface area (Å²) in [4.78, 5) is 21.2. The molecule has 1 aliphatic rings. The molecule has 29 heavy (non-hydrogen) atoms. The van der Waals surface area contributed by atoms with Crippen LogP contribution in [0.4, 0.5) is 4.39 Å². The number of sulfonamides is 1. The van der Waals surface area contributed by atoms with Crippen LogP contribution < -0.4 is 0 Å². The van der Waals surface area contributed by atoms with E-state index in [9.17, 15) is 17.6 Å². The second kappa shape index (κ2) is 7.76. The molecular formula is C20H19FN4O3S. The standard InChI is InChI=1S/C20H19FN4O3S/c21-16-4-1-3-15(13-16)6-7-19(26)24-9-11-25(12-10-24)29(27,28)18-14-23-20-17(18)5-2-8-22-20/h1-8,13-14H,9-12H2,(H,22,23)/b7-6+. The van der Waals surface area contributed by atoms with Crippen molar-refractivity contribution in [3.05, 3.63) is 66.2 Å². The molecule has 1 amide bonds. The minimum atomic E-state index is -3.69. The van der Waals surface area contributed by atoms with Gasteiger partial charge in [-0.3, -0.25) is 4.79 Å². The van der Waals surface area contributed by atoms with E-state index in [4.69, 9.17) is 0 Å². The van der Waals surface area contributed by atoms with Crippen molar-refractivity contribution < 1.29 is 17.6 Å². The minimum absolute atomic E-state index is 0.186. The molecule has 3 heterocycles. The van der Waals surface area contributed by atoms with Crippen LogP contribution in [0.3, 0.4) is 0 Å². The average molecular weight is 414 g/mol. The maximum Gasteiger partial charge on any atom is 0.246 e. The number of H-pyrrole nitrogens is 1. The number of nitrogens with zero attached hydrogens (tertiary/aromatic N) is 3.